The number of rotatable bonds is 7. The van der Waals surface area contributed by atoms with Crippen molar-refractivity contribution in [2.75, 3.05) is 19.6 Å². The molecule has 0 heterocycles. The van der Waals surface area contributed by atoms with E-state index in [1.807, 2.05) is 24.3 Å². The quantitative estimate of drug-likeness (QED) is 0.679. The molecule has 1 aromatic rings. The summed E-state index contributed by atoms with van der Waals surface area (Å²) < 4.78 is 10.7. The predicted molar refractivity (Wildman–Crippen MR) is 67.6 cm³/mol. The number of hydrogen-bond donors (Lipinski definition) is 0. The molecule has 0 saturated heterocycles. The Balaban J connectivity index is 2.31. The first kappa shape index (κ1) is 13.2. The topological polar surface area (TPSA) is 18.5 Å². The third-order valence-electron chi connectivity index (χ3n) is 2.65. The molecule has 2 nitrogen and oxygen atoms in total. The molecule has 0 aromatic heterocycles. The summed E-state index contributed by atoms with van der Waals surface area (Å²) in [6.45, 7) is 2.87. The average molecular weight is 243 g/mol. The Hall–Kier alpha value is -0.890. The van der Waals surface area contributed by atoms with Gasteiger partial charge in [0, 0.05) is 5.88 Å². The Labute approximate surface area is 103 Å². The lowest BCUT2D eigenvalue weighted by Gasteiger charge is -2.12. The summed E-state index contributed by atoms with van der Waals surface area (Å²) >= 11 is 5.82. The zero-order chi connectivity index (χ0) is 11.8. The number of benzene rings is 1. The summed E-state index contributed by atoms with van der Waals surface area (Å²) in [4.78, 5) is 0. The monoisotopic (exact) mass is 242 g/mol. The molecule has 0 aliphatic heterocycles. The van der Waals surface area contributed by atoms with Crippen LogP contribution in [-0.4, -0.2) is 19.6 Å². The third-order valence-corrected chi connectivity index (χ3v) is 3.09. The van der Waals surface area contributed by atoms with Gasteiger partial charge in [-0.2, -0.15) is 0 Å². The zero-order valence-corrected chi connectivity index (χ0v) is 10.7. The fourth-order valence-electron chi connectivity index (χ4n) is 1.41. The Morgan fingerprint density at radius 2 is 1.81 bits per heavy atom. The normalized spacial score (nSPS) is 12.2. The van der Waals surface area contributed by atoms with Crippen molar-refractivity contribution in [2.24, 2.45) is 5.92 Å². The SMILES string of the molecule is CCC(CCl)CCOc1ccc(OC)cc1. The summed E-state index contributed by atoms with van der Waals surface area (Å²) in [6.07, 6.45) is 2.11. The van der Waals surface area contributed by atoms with Crippen molar-refractivity contribution < 1.29 is 9.47 Å². The standard InChI is InChI=1S/C13H19ClO2/c1-3-11(10-14)8-9-16-13-6-4-12(15-2)5-7-13/h4-7,11H,3,8-10H2,1-2H3. The van der Waals surface area contributed by atoms with Crippen molar-refractivity contribution in [2.45, 2.75) is 19.8 Å². The maximum atomic E-state index is 5.82. The first-order chi connectivity index (χ1) is 7.80. The molecule has 3 heteroatoms. The van der Waals surface area contributed by atoms with Gasteiger partial charge in [-0.05, 0) is 36.6 Å². The van der Waals surface area contributed by atoms with Crippen LogP contribution in [0.5, 0.6) is 11.5 Å². The van der Waals surface area contributed by atoms with Crippen LogP contribution in [0.1, 0.15) is 19.8 Å². The van der Waals surface area contributed by atoms with Gasteiger partial charge in [-0.1, -0.05) is 13.3 Å². The molecule has 0 N–H and O–H groups in total. The van der Waals surface area contributed by atoms with Gasteiger partial charge in [0.15, 0.2) is 0 Å². The zero-order valence-electron chi connectivity index (χ0n) is 9.91. The van der Waals surface area contributed by atoms with Crippen molar-refractivity contribution in [3.63, 3.8) is 0 Å². The summed E-state index contributed by atoms with van der Waals surface area (Å²) in [6, 6.07) is 7.63. The van der Waals surface area contributed by atoms with E-state index in [0.717, 1.165) is 30.9 Å². The minimum atomic E-state index is 0.555. The minimum Gasteiger partial charge on any atom is -0.497 e. The van der Waals surface area contributed by atoms with Crippen LogP contribution in [0, 0.1) is 5.92 Å². The fraction of sp³-hybridized carbons (Fsp3) is 0.538. The first-order valence-corrected chi connectivity index (χ1v) is 6.16. The van der Waals surface area contributed by atoms with Gasteiger partial charge in [-0.3, -0.25) is 0 Å². The molecule has 1 rings (SSSR count). The number of ether oxygens (including phenoxy) is 2. The lowest BCUT2D eigenvalue weighted by atomic mass is 10.1. The largest absolute Gasteiger partial charge is 0.497 e. The van der Waals surface area contributed by atoms with E-state index in [2.05, 4.69) is 6.92 Å². The van der Waals surface area contributed by atoms with E-state index in [0.29, 0.717) is 11.8 Å². The molecular weight excluding hydrogens is 224 g/mol. The second-order valence-electron chi connectivity index (χ2n) is 3.74. The molecule has 1 aromatic carbocycles. The van der Waals surface area contributed by atoms with Crippen LogP contribution >= 0.6 is 11.6 Å². The highest BCUT2D eigenvalue weighted by atomic mass is 35.5. The Morgan fingerprint density at radius 3 is 2.31 bits per heavy atom. The predicted octanol–water partition coefficient (Wildman–Crippen LogP) is 3.73. The highest BCUT2D eigenvalue weighted by Crippen LogP contribution is 2.18. The van der Waals surface area contributed by atoms with Gasteiger partial charge in [0.25, 0.3) is 0 Å². The van der Waals surface area contributed by atoms with Gasteiger partial charge in [0.2, 0.25) is 0 Å². The molecule has 0 spiro atoms. The molecule has 0 aliphatic rings. The van der Waals surface area contributed by atoms with Crippen LogP contribution in [-0.2, 0) is 0 Å². The van der Waals surface area contributed by atoms with Crippen molar-refractivity contribution >= 4 is 11.6 Å². The van der Waals surface area contributed by atoms with Crippen LogP contribution < -0.4 is 9.47 Å². The molecule has 16 heavy (non-hydrogen) atoms. The number of methoxy groups -OCH3 is 1. The van der Waals surface area contributed by atoms with Crippen LogP contribution in [0.3, 0.4) is 0 Å². The summed E-state index contributed by atoms with van der Waals surface area (Å²) in [5.74, 6) is 2.99. The van der Waals surface area contributed by atoms with Gasteiger partial charge < -0.3 is 9.47 Å². The number of hydrogen-bond acceptors (Lipinski definition) is 2. The second-order valence-corrected chi connectivity index (χ2v) is 4.05. The Kier molecular flexibility index (Phi) is 6.09. The highest BCUT2D eigenvalue weighted by molar-refractivity contribution is 6.18. The maximum absolute atomic E-state index is 5.82. The average Bonchev–Trinajstić information content (AvgIpc) is 2.35. The van der Waals surface area contributed by atoms with Gasteiger partial charge >= 0.3 is 0 Å². The fourth-order valence-corrected chi connectivity index (χ4v) is 1.78. The second kappa shape index (κ2) is 7.39. The molecule has 0 fully saturated rings. The molecule has 0 bridgehead atoms. The molecule has 0 saturated carbocycles. The number of alkyl halides is 1. The van der Waals surface area contributed by atoms with Gasteiger partial charge in [-0.25, -0.2) is 0 Å². The van der Waals surface area contributed by atoms with E-state index in [4.69, 9.17) is 21.1 Å². The van der Waals surface area contributed by atoms with Crippen LogP contribution in [0.25, 0.3) is 0 Å². The highest BCUT2D eigenvalue weighted by Gasteiger charge is 2.04. The summed E-state index contributed by atoms with van der Waals surface area (Å²) in [7, 11) is 1.65. The van der Waals surface area contributed by atoms with Crippen LogP contribution in [0.2, 0.25) is 0 Å². The lowest BCUT2D eigenvalue weighted by molar-refractivity contribution is 0.282. The van der Waals surface area contributed by atoms with E-state index in [9.17, 15) is 0 Å². The van der Waals surface area contributed by atoms with Crippen molar-refractivity contribution in [1.29, 1.82) is 0 Å². The smallest absolute Gasteiger partial charge is 0.119 e. The lowest BCUT2D eigenvalue weighted by Crippen LogP contribution is -2.07. The maximum Gasteiger partial charge on any atom is 0.119 e. The molecule has 0 aliphatic carbocycles. The molecule has 0 amide bonds. The van der Waals surface area contributed by atoms with Gasteiger partial charge in [-0.15, -0.1) is 11.6 Å². The minimum absolute atomic E-state index is 0.555. The Morgan fingerprint density at radius 1 is 1.19 bits per heavy atom. The van der Waals surface area contributed by atoms with E-state index in [1.54, 1.807) is 7.11 Å². The van der Waals surface area contributed by atoms with Crippen molar-refractivity contribution in [3.05, 3.63) is 24.3 Å². The summed E-state index contributed by atoms with van der Waals surface area (Å²) in [5.41, 5.74) is 0. The van der Waals surface area contributed by atoms with E-state index < -0.39 is 0 Å². The van der Waals surface area contributed by atoms with E-state index >= 15 is 0 Å². The molecule has 0 radical (unpaired) electrons. The van der Waals surface area contributed by atoms with E-state index in [-0.39, 0.29) is 0 Å². The van der Waals surface area contributed by atoms with Crippen LogP contribution in [0.15, 0.2) is 24.3 Å². The van der Waals surface area contributed by atoms with Crippen LogP contribution in [0.4, 0.5) is 0 Å². The first-order valence-electron chi connectivity index (χ1n) is 5.63. The third kappa shape index (κ3) is 4.31. The summed E-state index contributed by atoms with van der Waals surface area (Å²) in [5, 5.41) is 0. The Bertz CT molecular complexity index is 280. The molecular formula is C13H19ClO2. The molecule has 90 valence electrons. The van der Waals surface area contributed by atoms with Crippen molar-refractivity contribution in [3.8, 4) is 11.5 Å². The van der Waals surface area contributed by atoms with Gasteiger partial charge in [0.05, 0.1) is 13.7 Å². The number of halogens is 1. The van der Waals surface area contributed by atoms with Crippen molar-refractivity contribution in [1.82, 2.24) is 0 Å². The molecule has 1 atom stereocenters. The van der Waals surface area contributed by atoms with E-state index in [1.165, 1.54) is 0 Å². The molecule has 1 unspecified atom stereocenters. The van der Waals surface area contributed by atoms with Gasteiger partial charge in [0.1, 0.15) is 11.5 Å².